The van der Waals surface area contributed by atoms with E-state index < -0.39 is 11.7 Å². The lowest BCUT2D eigenvalue weighted by Crippen LogP contribution is -2.33. The number of aromatic nitrogens is 1. The number of phenols is 1. The first kappa shape index (κ1) is 18.9. The van der Waals surface area contributed by atoms with Gasteiger partial charge in [-0.1, -0.05) is 25.1 Å². The predicted octanol–water partition coefficient (Wildman–Crippen LogP) is 3.27. The molecule has 1 aliphatic rings. The number of aromatic hydroxyl groups is 1. The van der Waals surface area contributed by atoms with Gasteiger partial charge in [-0.25, -0.2) is 4.79 Å². The number of hydrogen-bond donors (Lipinski definition) is 3. The molecular formula is C22H21N3O4. The number of aromatic carboxylic acids is 1. The lowest BCUT2D eigenvalue weighted by Gasteiger charge is -2.29. The van der Waals surface area contributed by atoms with Crippen LogP contribution in [0.25, 0.3) is 10.9 Å². The number of likely N-dealkylation sites (N-methyl/N-ethyl adjacent to an activating group) is 1. The van der Waals surface area contributed by atoms with Crippen LogP contribution in [0.4, 0.5) is 5.69 Å². The molecule has 3 aromatic rings. The average molecular weight is 391 g/mol. The van der Waals surface area contributed by atoms with Gasteiger partial charge in [0, 0.05) is 47.9 Å². The number of benzene rings is 2. The van der Waals surface area contributed by atoms with Crippen LogP contribution in [0.3, 0.4) is 0 Å². The number of para-hydroxylation sites is 1. The number of carbonyl (C=O) groups excluding carboxylic acids is 1. The van der Waals surface area contributed by atoms with Crippen molar-refractivity contribution in [3.05, 3.63) is 64.8 Å². The predicted molar refractivity (Wildman–Crippen MR) is 109 cm³/mol. The molecule has 0 atom stereocenters. The van der Waals surface area contributed by atoms with Crippen LogP contribution in [-0.4, -0.2) is 45.1 Å². The second-order valence-corrected chi connectivity index (χ2v) is 7.04. The van der Waals surface area contributed by atoms with Crippen LogP contribution in [0.5, 0.6) is 5.75 Å². The second kappa shape index (κ2) is 7.52. The number of carbonyl (C=O) groups is 2. The zero-order chi connectivity index (χ0) is 20.5. The van der Waals surface area contributed by atoms with Crippen molar-refractivity contribution in [2.45, 2.75) is 19.9 Å². The molecule has 0 saturated carbocycles. The molecule has 7 nitrogen and oxygen atoms in total. The third kappa shape index (κ3) is 3.52. The number of hydrogen-bond acceptors (Lipinski definition) is 5. The van der Waals surface area contributed by atoms with Gasteiger partial charge in [0.2, 0.25) is 0 Å². The first-order valence-electron chi connectivity index (χ1n) is 9.48. The number of nitrogens with one attached hydrogen (secondary N) is 1. The first-order chi connectivity index (χ1) is 14.0. The molecule has 0 bridgehead atoms. The summed E-state index contributed by atoms with van der Waals surface area (Å²) in [6.07, 6.45) is 0.780. The molecule has 2 aromatic carbocycles. The highest BCUT2D eigenvalue weighted by molar-refractivity contribution is 6.13. The van der Waals surface area contributed by atoms with Crippen molar-refractivity contribution >= 4 is 28.5 Å². The highest BCUT2D eigenvalue weighted by Crippen LogP contribution is 2.29. The van der Waals surface area contributed by atoms with Gasteiger partial charge in [-0.3, -0.25) is 14.7 Å². The number of carboxylic acids is 1. The lowest BCUT2D eigenvalue weighted by atomic mass is 9.95. The fourth-order valence-corrected chi connectivity index (χ4v) is 3.76. The Bertz CT molecular complexity index is 1130. The third-order valence-electron chi connectivity index (χ3n) is 5.29. The summed E-state index contributed by atoms with van der Waals surface area (Å²) in [5, 5.41) is 22.6. The quantitative estimate of drug-likeness (QED) is 0.631. The Morgan fingerprint density at radius 2 is 2.00 bits per heavy atom. The Morgan fingerprint density at radius 3 is 2.72 bits per heavy atom. The van der Waals surface area contributed by atoms with Crippen LogP contribution in [0.15, 0.2) is 42.5 Å². The number of amides is 1. The largest absolute Gasteiger partial charge is 0.507 e. The van der Waals surface area contributed by atoms with Crippen molar-refractivity contribution in [1.82, 2.24) is 9.88 Å². The molecule has 0 fully saturated rings. The minimum absolute atomic E-state index is 0.215. The Kier molecular flexibility index (Phi) is 4.90. The summed E-state index contributed by atoms with van der Waals surface area (Å²) < 4.78 is 0. The van der Waals surface area contributed by atoms with Crippen molar-refractivity contribution in [2.24, 2.45) is 0 Å². The summed E-state index contributed by atoms with van der Waals surface area (Å²) in [4.78, 5) is 31.4. The normalized spacial score (nSPS) is 13.8. The maximum Gasteiger partial charge on any atom is 0.339 e. The number of nitrogens with zero attached hydrogens (tertiary/aromatic N) is 2. The zero-order valence-corrected chi connectivity index (χ0v) is 16.0. The van der Waals surface area contributed by atoms with Gasteiger partial charge in [0.15, 0.2) is 0 Å². The molecule has 0 unspecified atom stereocenters. The van der Waals surface area contributed by atoms with Crippen LogP contribution in [0.1, 0.15) is 38.9 Å². The summed E-state index contributed by atoms with van der Waals surface area (Å²) in [5.74, 6) is -1.93. The van der Waals surface area contributed by atoms with E-state index in [1.54, 1.807) is 0 Å². The van der Waals surface area contributed by atoms with Crippen LogP contribution in [-0.2, 0) is 13.0 Å². The fourth-order valence-electron chi connectivity index (χ4n) is 3.76. The third-order valence-corrected chi connectivity index (χ3v) is 5.29. The number of rotatable bonds is 4. The summed E-state index contributed by atoms with van der Waals surface area (Å²) in [7, 11) is 0. The van der Waals surface area contributed by atoms with Gasteiger partial charge in [-0.05, 0) is 24.7 Å². The molecule has 1 aromatic heterocycles. The lowest BCUT2D eigenvalue weighted by molar-refractivity contribution is 0.0693. The second-order valence-electron chi connectivity index (χ2n) is 7.04. The van der Waals surface area contributed by atoms with Crippen molar-refractivity contribution in [2.75, 3.05) is 18.4 Å². The molecule has 4 rings (SSSR count). The molecule has 3 N–H and O–H groups in total. The number of fused-ring (bicyclic) bond motifs is 2. The van der Waals surface area contributed by atoms with Crippen LogP contribution >= 0.6 is 0 Å². The smallest absolute Gasteiger partial charge is 0.339 e. The van der Waals surface area contributed by atoms with E-state index in [-0.39, 0.29) is 11.5 Å². The Hall–Kier alpha value is -3.45. The molecule has 0 aliphatic carbocycles. The summed E-state index contributed by atoms with van der Waals surface area (Å²) in [5.41, 5.74) is 3.31. The van der Waals surface area contributed by atoms with Gasteiger partial charge < -0.3 is 15.5 Å². The van der Waals surface area contributed by atoms with E-state index >= 15 is 0 Å². The molecule has 1 amide bonds. The SMILES string of the molecule is CCN1CCc2nc3ccccc3c(C(=O)Nc3ccc(C(=O)O)c(O)c3)c2C1. The summed E-state index contributed by atoms with van der Waals surface area (Å²) in [6, 6.07) is 11.5. The maximum atomic E-state index is 13.3. The maximum absolute atomic E-state index is 13.3. The molecule has 1 aliphatic heterocycles. The van der Waals surface area contributed by atoms with Gasteiger partial charge in [0.1, 0.15) is 11.3 Å². The highest BCUT2D eigenvalue weighted by Gasteiger charge is 2.25. The number of anilines is 1. The molecule has 2 heterocycles. The summed E-state index contributed by atoms with van der Waals surface area (Å²) in [6.45, 7) is 4.53. The first-order valence-corrected chi connectivity index (χ1v) is 9.48. The van der Waals surface area contributed by atoms with E-state index in [0.29, 0.717) is 17.8 Å². The topological polar surface area (TPSA) is 103 Å². The minimum atomic E-state index is -1.23. The van der Waals surface area contributed by atoms with E-state index in [1.807, 2.05) is 24.3 Å². The molecule has 0 saturated heterocycles. The van der Waals surface area contributed by atoms with Gasteiger partial charge in [0.05, 0.1) is 11.1 Å². The van der Waals surface area contributed by atoms with Gasteiger partial charge in [-0.2, -0.15) is 0 Å². The van der Waals surface area contributed by atoms with Crippen LogP contribution < -0.4 is 5.32 Å². The van der Waals surface area contributed by atoms with Crippen molar-refractivity contribution in [1.29, 1.82) is 0 Å². The fraction of sp³-hybridized carbons (Fsp3) is 0.227. The monoisotopic (exact) mass is 391 g/mol. The Morgan fingerprint density at radius 1 is 1.21 bits per heavy atom. The van der Waals surface area contributed by atoms with Crippen molar-refractivity contribution in [3.63, 3.8) is 0 Å². The molecule has 0 radical (unpaired) electrons. The Labute approximate surface area is 167 Å². The molecule has 7 heteroatoms. The van der Waals surface area contributed by atoms with Gasteiger partial charge >= 0.3 is 5.97 Å². The number of carboxylic acid groups (broad SMARTS) is 1. The van der Waals surface area contributed by atoms with Crippen LogP contribution in [0.2, 0.25) is 0 Å². The van der Waals surface area contributed by atoms with Gasteiger partial charge in [-0.15, -0.1) is 0 Å². The standard InChI is InChI=1S/C22H21N3O4/c1-2-25-10-9-18-16(12-25)20(14-5-3-4-6-17(14)24-18)21(27)23-13-7-8-15(22(28)29)19(26)11-13/h3-8,11,26H,2,9-10,12H2,1H3,(H,23,27)(H,28,29). The van der Waals surface area contributed by atoms with Gasteiger partial charge in [0.25, 0.3) is 5.91 Å². The average Bonchev–Trinajstić information content (AvgIpc) is 2.71. The van der Waals surface area contributed by atoms with E-state index in [2.05, 4.69) is 17.1 Å². The molecule has 0 spiro atoms. The van der Waals surface area contributed by atoms with Crippen LogP contribution in [0, 0.1) is 0 Å². The highest BCUT2D eigenvalue weighted by atomic mass is 16.4. The van der Waals surface area contributed by atoms with Crippen molar-refractivity contribution < 1.29 is 19.8 Å². The molecule has 29 heavy (non-hydrogen) atoms. The Balaban J connectivity index is 1.77. The van der Waals surface area contributed by atoms with E-state index in [0.717, 1.165) is 41.7 Å². The molecular weight excluding hydrogens is 370 g/mol. The van der Waals surface area contributed by atoms with E-state index in [4.69, 9.17) is 10.1 Å². The van der Waals surface area contributed by atoms with E-state index in [9.17, 15) is 14.7 Å². The number of pyridine rings is 1. The summed E-state index contributed by atoms with van der Waals surface area (Å²) >= 11 is 0. The minimum Gasteiger partial charge on any atom is -0.507 e. The molecule has 148 valence electrons. The van der Waals surface area contributed by atoms with Crippen molar-refractivity contribution in [3.8, 4) is 5.75 Å². The van der Waals surface area contributed by atoms with E-state index in [1.165, 1.54) is 18.2 Å². The zero-order valence-electron chi connectivity index (χ0n) is 16.0.